The Labute approximate surface area is 82.1 Å². The van der Waals surface area contributed by atoms with Crippen LogP contribution in [0.3, 0.4) is 0 Å². The maximum atomic E-state index is 8.95. The van der Waals surface area contributed by atoms with E-state index in [1.807, 2.05) is 24.4 Å². The van der Waals surface area contributed by atoms with Crippen LogP contribution in [0.4, 0.5) is 0 Å². The van der Waals surface area contributed by atoms with E-state index in [0.29, 0.717) is 12.1 Å². The molecule has 0 atom stereocenters. The predicted molar refractivity (Wildman–Crippen MR) is 55.8 cm³/mol. The van der Waals surface area contributed by atoms with Gasteiger partial charge < -0.3 is 10.7 Å². The Morgan fingerprint density at radius 2 is 2.29 bits per heavy atom. The summed E-state index contributed by atoms with van der Waals surface area (Å²) in [5.41, 5.74) is 8.35. The molecule has 0 aliphatic carbocycles. The Bertz CT molecular complexity index is 491. The second kappa shape index (κ2) is 3.52. The minimum absolute atomic E-state index is 0.604. The van der Waals surface area contributed by atoms with Crippen molar-refractivity contribution >= 4 is 10.9 Å². The van der Waals surface area contributed by atoms with Crippen molar-refractivity contribution < 1.29 is 0 Å². The second-order valence-electron chi connectivity index (χ2n) is 3.19. The number of fused-ring (bicyclic) bond motifs is 1. The SMILES string of the molecule is N#Cc1cccc2[nH]cc(CCN)c12. The number of benzene rings is 1. The number of aromatic nitrogens is 1. The highest BCUT2D eigenvalue weighted by Crippen LogP contribution is 2.22. The first kappa shape index (κ1) is 8.79. The Morgan fingerprint density at radius 1 is 1.43 bits per heavy atom. The zero-order chi connectivity index (χ0) is 9.97. The molecular formula is C11H11N3. The molecule has 3 N–H and O–H groups in total. The summed E-state index contributed by atoms with van der Waals surface area (Å²) in [6.07, 6.45) is 2.73. The maximum absolute atomic E-state index is 8.95. The van der Waals surface area contributed by atoms with Crippen LogP contribution >= 0.6 is 0 Å². The van der Waals surface area contributed by atoms with E-state index < -0.39 is 0 Å². The van der Waals surface area contributed by atoms with Gasteiger partial charge in [0.25, 0.3) is 0 Å². The van der Waals surface area contributed by atoms with E-state index in [-0.39, 0.29) is 0 Å². The molecule has 3 nitrogen and oxygen atoms in total. The van der Waals surface area contributed by atoms with Gasteiger partial charge in [-0.3, -0.25) is 0 Å². The molecule has 0 saturated heterocycles. The van der Waals surface area contributed by atoms with E-state index >= 15 is 0 Å². The molecule has 1 aromatic carbocycles. The monoisotopic (exact) mass is 185 g/mol. The largest absolute Gasteiger partial charge is 0.361 e. The van der Waals surface area contributed by atoms with E-state index in [2.05, 4.69) is 11.1 Å². The van der Waals surface area contributed by atoms with Crippen molar-refractivity contribution in [2.24, 2.45) is 5.73 Å². The zero-order valence-corrected chi connectivity index (χ0v) is 7.75. The Morgan fingerprint density at radius 3 is 3.00 bits per heavy atom. The molecule has 0 fully saturated rings. The molecule has 0 aliphatic rings. The summed E-state index contributed by atoms with van der Waals surface area (Å²) in [4.78, 5) is 3.14. The fraction of sp³-hybridized carbons (Fsp3) is 0.182. The molecule has 1 aromatic heterocycles. The van der Waals surface area contributed by atoms with Crippen molar-refractivity contribution in [2.75, 3.05) is 6.54 Å². The first-order valence-electron chi connectivity index (χ1n) is 4.56. The van der Waals surface area contributed by atoms with Gasteiger partial charge in [0.15, 0.2) is 0 Å². The van der Waals surface area contributed by atoms with Crippen molar-refractivity contribution in [1.29, 1.82) is 5.26 Å². The van der Waals surface area contributed by atoms with Crippen molar-refractivity contribution in [3.63, 3.8) is 0 Å². The molecule has 0 spiro atoms. The third-order valence-electron chi connectivity index (χ3n) is 2.32. The number of nitrogens with zero attached hydrogens (tertiary/aromatic N) is 1. The van der Waals surface area contributed by atoms with Gasteiger partial charge in [0.2, 0.25) is 0 Å². The van der Waals surface area contributed by atoms with Crippen LogP contribution in [0.5, 0.6) is 0 Å². The molecule has 70 valence electrons. The molecule has 0 amide bonds. The van der Waals surface area contributed by atoms with E-state index in [1.165, 1.54) is 0 Å². The highest BCUT2D eigenvalue weighted by atomic mass is 14.7. The lowest BCUT2D eigenvalue weighted by atomic mass is 10.1. The molecule has 0 aliphatic heterocycles. The van der Waals surface area contributed by atoms with Gasteiger partial charge in [-0.2, -0.15) is 5.26 Å². The number of nitriles is 1. The number of nitrogens with one attached hydrogen (secondary N) is 1. The third-order valence-corrected chi connectivity index (χ3v) is 2.32. The number of hydrogen-bond donors (Lipinski definition) is 2. The number of aromatic amines is 1. The topological polar surface area (TPSA) is 65.6 Å². The van der Waals surface area contributed by atoms with Gasteiger partial charge in [0.05, 0.1) is 11.6 Å². The Balaban J connectivity index is 2.69. The highest BCUT2D eigenvalue weighted by molar-refractivity contribution is 5.88. The van der Waals surface area contributed by atoms with Crippen LogP contribution in [-0.4, -0.2) is 11.5 Å². The summed E-state index contributed by atoms with van der Waals surface area (Å²) in [6, 6.07) is 7.87. The fourth-order valence-electron chi connectivity index (χ4n) is 1.70. The average molecular weight is 185 g/mol. The minimum Gasteiger partial charge on any atom is -0.361 e. The summed E-state index contributed by atoms with van der Waals surface area (Å²) in [6.45, 7) is 0.604. The van der Waals surface area contributed by atoms with Crippen LogP contribution in [0.2, 0.25) is 0 Å². The van der Waals surface area contributed by atoms with Crippen molar-refractivity contribution in [1.82, 2.24) is 4.98 Å². The van der Waals surface area contributed by atoms with E-state index in [9.17, 15) is 0 Å². The molecule has 3 heteroatoms. The van der Waals surface area contributed by atoms with Gasteiger partial charge in [0.1, 0.15) is 0 Å². The van der Waals surface area contributed by atoms with Gasteiger partial charge in [-0.1, -0.05) is 6.07 Å². The second-order valence-corrected chi connectivity index (χ2v) is 3.19. The van der Waals surface area contributed by atoms with Gasteiger partial charge in [-0.15, -0.1) is 0 Å². The zero-order valence-electron chi connectivity index (χ0n) is 7.75. The van der Waals surface area contributed by atoms with E-state index in [1.54, 1.807) is 0 Å². The molecule has 0 bridgehead atoms. The molecular weight excluding hydrogens is 174 g/mol. The smallest absolute Gasteiger partial charge is 0.0998 e. The lowest BCUT2D eigenvalue weighted by molar-refractivity contribution is 0.976. The first-order valence-corrected chi connectivity index (χ1v) is 4.56. The van der Waals surface area contributed by atoms with Gasteiger partial charge in [-0.25, -0.2) is 0 Å². The van der Waals surface area contributed by atoms with Gasteiger partial charge >= 0.3 is 0 Å². The van der Waals surface area contributed by atoms with Gasteiger partial charge in [-0.05, 0) is 30.7 Å². The first-order chi connectivity index (χ1) is 6.86. The molecule has 2 aromatic rings. The van der Waals surface area contributed by atoms with Crippen LogP contribution in [0.1, 0.15) is 11.1 Å². The maximum Gasteiger partial charge on any atom is 0.0998 e. The minimum atomic E-state index is 0.604. The van der Waals surface area contributed by atoms with Crippen LogP contribution in [-0.2, 0) is 6.42 Å². The van der Waals surface area contributed by atoms with Crippen molar-refractivity contribution in [2.45, 2.75) is 6.42 Å². The molecule has 0 unspecified atom stereocenters. The quantitative estimate of drug-likeness (QED) is 0.745. The van der Waals surface area contributed by atoms with Crippen LogP contribution in [0.25, 0.3) is 10.9 Å². The number of H-pyrrole nitrogens is 1. The highest BCUT2D eigenvalue weighted by Gasteiger charge is 2.06. The summed E-state index contributed by atoms with van der Waals surface area (Å²) in [5, 5.41) is 9.97. The molecule has 1 heterocycles. The predicted octanol–water partition coefficient (Wildman–Crippen LogP) is 1.54. The number of hydrogen-bond acceptors (Lipinski definition) is 2. The van der Waals surface area contributed by atoms with Crippen LogP contribution < -0.4 is 5.73 Å². The number of rotatable bonds is 2. The average Bonchev–Trinajstić information content (AvgIpc) is 2.62. The van der Waals surface area contributed by atoms with Crippen molar-refractivity contribution in [3.8, 4) is 6.07 Å². The van der Waals surface area contributed by atoms with Gasteiger partial charge in [0, 0.05) is 17.1 Å². The van der Waals surface area contributed by atoms with Crippen LogP contribution in [0, 0.1) is 11.3 Å². The molecule has 14 heavy (non-hydrogen) atoms. The standard InChI is InChI=1S/C11H11N3/c12-5-4-9-7-14-10-3-1-2-8(6-13)11(9)10/h1-3,7,14H,4-5,12H2. The Hall–Kier alpha value is -1.79. The summed E-state index contributed by atoms with van der Waals surface area (Å²) in [5.74, 6) is 0. The fourth-order valence-corrected chi connectivity index (χ4v) is 1.70. The molecule has 0 radical (unpaired) electrons. The summed E-state index contributed by atoms with van der Waals surface area (Å²) in [7, 11) is 0. The molecule has 2 rings (SSSR count). The van der Waals surface area contributed by atoms with Crippen molar-refractivity contribution in [3.05, 3.63) is 35.5 Å². The third kappa shape index (κ3) is 1.26. The van der Waals surface area contributed by atoms with E-state index in [0.717, 1.165) is 22.9 Å². The lowest BCUT2D eigenvalue weighted by Gasteiger charge is -1.97. The lowest BCUT2D eigenvalue weighted by Crippen LogP contribution is -2.02. The number of nitrogens with two attached hydrogens (primary N) is 1. The summed E-state index contributed by atoms with van der Waals surface area (Å²) >= 11 is 0. The normalized spacial score (nSPS) is 10.3. The van der Waals surface area contributed by atoms with E-state index in [4.69, 9.17) is 11.0 Å². The van der Waals surface area contributed by atoms with Crippen LogP contribution in [0.15, 0.2) is 24.4 Å². The summed E-state index contributed by atoms with van der Waals surface area (Å²) < 4.78 is 0. The Kier molecular flexibility index (Phi) is 2.21. The molecule has 0 saturated carbocycles.